The van der Waals surface area contributed by atoms with Crippen LogP contribution in [0.25, 0.3) is 0 Å². The zero-order valence-corrected chi connectivity index (χ0v) is 13.4. The number of carboxylic acid groups (broad SMARTS) is 1. The molecule has 5 nitrogen and oxygen atoms in total. The van der Waals surface area contributed by atoms with Crippen molar-refractivity contribution in [1.82, 2.24) is 10.2 Å². The van der Waals surface area contributed by atoms with Gasteiger partial charge in [0.2, 0.25) is 0 Å². The first-order valence-electron chi connectivity index (χ1n) is 8.14. The van der Waals surface area contributed by atoms with E-state index in [2.05, 4.69) is 5.32 Å². The maximum atomic E-state index is 12.9. The summed E-state index contributed by atoms with van der Waals surface area (Å²) in [6.07, 6.45) is -3.71. The first kappa shape index (κ1) is 17.6. The Morgan fingerprint density at radius 1 is 1.20 bits per heavy atom. The fourth-order valence-electron chi connectivity index (χ4n) is 3.46. The van der Waals surface area contributed by atoms with Crippen molar-refractivity contribution in [3.8, 4) is 0 Å². The lowest BCUT2D eigenvalue weighted by Crippen LogP contribution is -2.40. The number of carbonyl (C=O) groups is 2. The molecule has 1 aliphatic carbocycles. The standard InChI is InChI=1S/C17H19F3N2O3/c18-17(19,20)14-9-22(8-13(14)15(23)24)16(25)21-7-11-6-12(11)10-4-2-1-3-5-10/h1-5,11-14H,6-9H2,(H,21,25)(H,23,24)/t11-,12-,13+,14+/m0/s1. The SMILES string of the molecule is O=C(O)[C@@H]1CN(C(=O)NC[C@@H]2C[C@H]2c2ccccc2)C[C@H]1C(F)(F)F. The van der Waals surface area contributed by atoms with Gasteiger partial charge in [0.1, 0.15) is 0 Å². The number of hydrogen-bond acceptors (Lipinski definition) is 2. The zero-order chi connectivity index (χ0) is 18.2. The van der Waals surface area contributed by atoms with E-state index in [9.17, 15) is 22.8 Å². The summed E-state index contributed by atoms with van der Waals surface area (Å²) in [5, 5.41) is 11.6. The highest BCUT2D eigenvalue weighted by Gasteiger charge is 2.53. The molecule has 1 aromatic carbocycles. The van der Waals surface area contributed by atoms with E-state index in [1.807, 2.05) is 30.3 Å². The molecule has 25 heavy (non-hydrogen) atoms. The van der Waals surface area contributed by atoms with Crippen molar-refractivity contribution < 1.29 is 27.9 Å². The highest BCUT2D eigenvalue weighted by Crippen LogP contribution is 2.46. The number of halogens is 3. The number of nitrogens with one attached hydrogen (secondary N) is 1. The van der Waals surface area contributed by atoms with Gasteiger partial charge in [0.25, 0.3) is 0 Å². The summed E-state index contributed by atoms with van der Waals surface area (Å²) < 4.78 is 38.8. The number of nitrogens with zero attached hydrogens (tertiary/aromatic N) is 1. The van der Waals surface area contributed by atoms with Crippen LogP contribution in [-0.2, 0) is 4.79 Å². The van der Waals surface area contributed by atoms with Gasteiger partial charge in [-0.25, -0.2) is 4.79 Å². The van der Waals surface area contributed by atoms with E-state index >= 15 is 0 Å². The van der Waals surface area contributed by atoms with Crippen LogP contribution in [0.3, 0.4) is 0 Å². The Hall–Kier alpha value is -2.25. The van der Waals surface area contributed by atoms with Crippen molar-refractivity contribution in [2.75, 3.05) is 19.6 Å². The number of urea groups is 1. The van der Waals surface area contributed by atoms with Gasteiger partial charge in [-0.3, -0.25) is 4.79 Å². The molecule has 8 heteroatoms. The molecule has 0 bridgehead atoms. The van der Waals surface area contributed by atoms with Crippen molar-refractivity contribution in [2.45, 2.75) is 18.5 Å². The van der Waals surface area contributed by atoms with Gasteiger partial charge in [0.05, 0.1) is 11.8 Å². The zero-order valence-electron chi connectivity index (χ0n) is 13.4. The summed E-state index contributed by atoms with van der Waals surface area (Å²) in [5.74, 6) is -4.53. The third-order valence-corrected chi connectivity index (χ3v) is 5.01. The lowest BCUT2D eigenvalue weighted by atomic mass is 9.96. The van der Waals surface area contributed by atoms with E-state index < -0.39 is 43.1 Å². The molecular formula is C17H19F3N2O3. The maximum Gasteiger partial charge on any atom is 0.394 e. The van der Waals surface area contributed by atoms with E-state index in [0.29, 0.717) is 12.5 Å². The average Bonchev–Trinajstić information content (AvgIpc) is 3.18. The maximum absolute atomic E-state index is 12.9. The molecule has 1 aromatic rings. The van der Waals surface area contributed by atoms with Crippen molar-refractivity contribution in [2.24, 2.45) is 17.8 Å². The molecule has 2 fully saturated rings. The predicted molar refractivity (Wildman–Crippen MR) is 82.9 cm³/mol. The van der Waals surface area contributed by atoms with Crippen LogP contribution in [0.4, 0.5) is 18.0 Å². The minimum atomic E-state index is -4.63. The molecule has 0 radical (unpaired) electrons. The van der Waals surface area contributed by atoms with Gasteiger partial charge in [-0.05, 0) is 23.8 Å². The summed E-state index contributed by atoms with van der Waals surface area (Å²) in [5.41, 5.74) is 1.19. The molecule has 2 aliphatic rings. The number of carboxylic acids is 1. The number of alkyl halides is 3. The first-order valence-corrected chi connectivity index (χ1v) is 8.14. The quantitative estimate of drug-likeness (QED) is 0.872. The fourth-order valence-corrected chi connectivity index (χ4v) is 3.46. The van der Waals surface area contributed by atoms with E-state index in [4.69, 9.17) is 5.11 Å². The Balaban J connectivity index is 1.52. The molecule has 0 spiro atoms. The summed E-state index contributed by atoms with van der Waals surface area (Å²) >= 11 is 0. The van der Waals surface area contributed by atoms with Crippen LogP contribution in [0.2, 0.25) is 0 Å². The topological polar surface area (TPSA) is 69.6 Å². The molecule has 2 N–H and O–H groups in total. The molecule has 2 amide bonds. The molecule has 1 aliphatic heterocycles. The van der Waals surface area contributed by atoms with Gasteiger partial charge in [0.15, 0.2) is 0 Å². The van der Waals surface area contributed by atoms with Crippen LogP contribution in [-0.4, -0.2) is 47.8 Å². The summed E-state index contributed by atoms with van der Waals surface area (Å²) in [6, 6.07) is 9.20. The number of amides is 2. The van der Waals surface area contributed by atoms with Crippen LogP contribution in [0, 0.1) is 17.8 Å². The Bertz CT molecular complexity index is 650. The Morgan fingerprint density at radius 3 is 2.44 bits per heavy atom. The number of hydrogen-bond donors (Lipinski definition) is 2. The third kappa shape index (κ3) is 3.88. The second-order valence-electron chi connectivity index (χ2n) is 6.70. The van der Waals surface area contributed by atoms with E-state index in [-0.39, 0.29) is 5.92 Å². The van der Waals surface area contributed by atoms with E-state index in [0.717, 1.165) is 11.3 Å². The third-order valence-electron chi connectivity index (χ3n) is 5.01. The minimum Gasteiger partial charge on any atom is -0.481 e. The summed E-state index contributed by atoms with van der Waals surface area (Å²) in [7, 11) is 0. The summed E-state index contributed by atoms with van der Waals surface area (Å²) in [4.78, 5) is 24.1. The second-order valence-corrected chi connectivity index (χ2v) is 6.70. The number of benzene rings is 1. The van der Waals surface area contributed by atoms with E-state index in [1.165, 1.54) is 5.56 Å². The van der Waals surface area contributed by atoms with Gasteiger partial charge < -0.3 is 15.3 Å². The van der Waals surface area contributed by atoms with E-state index in [1.54, 1.807) is 0 Å². The lowest BCUT2D eigenvalue weighted by molar-refractivity contribution is -0.187. The predicted octanol–water partition coefficient (Wildman–Crippen LogP) is 2.69. The normalized spacial score (nSPS) is 28.7. The Morgan fingerprint density at radius 2 is 1.88 bits per heavy atom. The number of aliphatic carboxylic acids is 1. The molecule has 136 valence electrons. The molecule has 0 aromatic heterocycles. The van der Waals surface area contributed by atoms with Gasteiger partial charge in [0, 0.05) is 19.6 Å². The minimum absolute atomic E-state index is 0.266. The van der Waals surface area contributed by atoms with Gasteiger partial charge in [-0.15, -0.1) is 0 Å². The second kappa shape index (κ2) is 6.57. The number of rotatable bonds is 4. The average molecular weight is 356 g/mol. The van der Waals surface area contributed by atoms with Crippen LogP contribution in [0.15, 0.2) is 30.3 Å². The fraction of sp³-hybridized carbons (Fsp3) is 0.529. The molecule has 3 rings (SSSR count). The van der Waals surface area contributed by atoms with Crippen LogP contribution >= 0.6 is 0 Å². The largest absolute Gasteiger partial charge is 0.481 e. The van der Waals surface area contributed by atoms with Gasteiger partial charge in [-0.2, -0.15) is 13.2 Å². The van der Waals surface area contributed by atoms with Crippen molar-refractivity contribution in [3.63, 3.8) is 0 Å². The van der Waals surface area contributed by atoms with Crippen LogP contribution in [0.1, 0.15) is 17.9 Å². The molecule has 0 unspecified atom stereocenters. The Kier molecular flexibility index (Phi) is 4.62. The monoisotopic (exact) mass is 356 g/mol. The first-order chi connectivity index (χ1) is 11.8. The molecular weight excluding hydrogens is 337 g/mol. The highest BCUT2D eigenvalue weighted by atomic mass is 19.4. The van der Waals surface area contributed by atoms with Gasteiger partial charge in [-0.1, -0.05) is 30.3 Å². The highest BCUT2D eigenvalue weighted by molar-refractivity contribution is 5.77. The number of carbonyl (C=O) groups excluding carboxylic acids is 1. The Labute approximate surface area is 142 Å². The smallest absolute Gasteiger partial charge is 0.394 e. The van der Waals surface area contributed by atoms with Crippen LogP contribution in [0.5, 0.6) is 0 Å². The number of likely N-dealkylation sites (tertiary alicyclic amines) is 1. The molecule has 1 saturated carbocycles. The van der Waals surface area contributed by atoms with Crippen molar-refractivity contribution in [1.29, 1.82) is 0 Å². The molecule has 4 atom stereocenters. The summed E-state index contributed by atoms with van der Waals surface area (Å²) in [6.45, 7) is -0.652. The lowest BCUT2D eigenvalue weighted by Gasteiger charge is -2.18. The van der Waals surface area contributed by atoms with Crippen LogP contribution < -0.4 is 5.32 Å². The van der Waals surface area contributed by atoms with Crippen molar-refractivity contribution in [3.05, 3.63) is 35.9 Å². The van der Waals surface area contributed by atoms with Gasteiger partial charge >= 0.3 is 18.2 Å². The van der Waals surface area contributed by atoms with Crippen molar-refractivity contribution >= 4 is 12.0 Å². The molecule has 1 saturated heterocycles. The molecule has 1 heterocycles.